The minimum Gasteiger partial charge on any atom is -0.495 e. The fraction of sp³-hybridized carbons (Fsp3) is 0.100. The van der Waals surface area contributed by atoms with Crippen molar-refractivity contribution in [1.29, 1.82) is 0 Å². The van der Waals surface area contributed by atoms with Gasteiger partial charge in [0.1, 0.15) is 5.75 Å². The molecule has 0 aliphatic heterocycles. The van der Waals surface area contributed by atoms with Gasteiger partial charge in [-0.3, -0.25) is 14.2 Å². The molecule has 8 nitrogen and oxygen atoms in total. The van der Waals surface area contributed by atoms with Gasteiger partial charge in [-0.25, -0.2) is 8.42 Å². The molecule has 9 heteroatoms. The number of methoxy groups -OCH3 is 1. The summed E-state index contributed by atoms with van der Waals surface area (Å²) in [5.74, 6) is 0.0805. The lowest BCUT2D eigenvalue weighted by atomic mass is 10.3. The normalized spacial score (nSPS) is 11.4. The Morgan fingerprint density at radius 3 is 2.52 bits per heavy atom. The third-order valence-corrected chi connectivity index (χ3v) is 5.32. The molecular formula is C20H20N4O4S. The van der Waals surface area contributed by atoms with Gasteiger partial charge in [0.15, 0.2) is 0 Å². The van der Waals surface area contributed by atoms with Gasteiger partial charge in [0.25, 0.3) is 10.0 Å². The second-order valence-electron chi connectivity index (χ2n) is 6.10. The second-order valence-corrected chi connectivity index (χ2v) is 7.78. The summed E-state index contributed by atoms with van der Waals surface area (Å²) in [6.07, 6.45) is 6.43. The van der Waals surface area contributed by atoms with Crippen molar-refractivity contribution in [2.75, 3.05) is 17.1 Å². The average molecular weight is 412 g/mol. The van der Waals surface area contributed by atoms with E-state index in [9.17, 15) is 13.2 Å². The molecule has 0 aliphatic rings. The van der Waals surface area contributed by atoms with Crippen molar-refractivity contribution >= 4 is 33.4 Å². The first-order chi connectivity index (χ1) is 13.9. The summed E-state index contributed by atoms with van der Waals surface area (Å²) in [6.45, 7) is 0. The van der Waals surface area contributed by atoms with Crippen LogP contribution < -0.4 is 14.8 Å². The molecule has 0 spiro atoms. The summed E-state index contributed by atoms with van der Waals surface area (Å²) in [4.78, 5) is 12.1. The van der Waals surface area contributed by atoms with E-state index in [2.05, 4.69) is 15.1 Å². The van der Waals surface area contributed by atoms with E-state index in [0.29, 0.717) is 17.1 Å². The van der Waals surface area contributed by atoms with Gasteiger partial charge in [-0.1, -0.05) is 12.1 Å². The summed E-state index contributed by atoms with van der Waals surface area (Å²) in [5, 5.41) is 6.69. The highest BCUT2D eigenvalue weighted by Gasteiger charge is 2.16. The maximum absolute atomic E-state index is 12.6. The van der Waals surface area contributed by atoms with Crippen LogP contribution in [-0.2, 0) is 21.9 Å². The van der Waals surface area contributed by atoms with E-state index in [0.717, 1.165) is 5.56 Å². The van der Waals surface area contributed by atoms with E-state index < -0.39 is 10.0 Å². The topological polar surface area (TPSA) is 102 Å². The zero-order chi connectivity index (χ0) is 20.9. The third kappa shape index (κ3) is 5.23. The highest BCUT2D eigenvalue weighted by atomic mass is 32.2. The number of aryl methyl sites for hydroxylation is 1. The SMILES string of the molecule is COc1ccccc1NS(=O)(=O)c1ccc(NC(=O)/C=C/c2cnn(C)c2)cc1. The first kappa shape index (κ1) is 20.2. The second kappa shape index (κ2) is 8.61. The Morgan fingerprint density at radius 1 is 1.14 bits per heavy atom. The third-order valence-electron chi connectivity index (χ3n) is 3.94. The molecule has 29 heavy (non-hydrogen) atoms. The molecule has 3 aromatic rings. The summed E-state index contributed by atoms with van der Waals surface area (Å²) in [7, 11) is -0.548. The molecular weight excluding hydrogens is 392 g/mol. The maximum Gasteiger partial charge on any atom is 0.262 e. The number of nitrogens with one attached hydrogen (secondary N) is 2. The number of carbonyl (C=O) groups excluding carboxylic acids is 1. The minimum absolute atomic E-state index is 0.0623. The molecule has 0 atom stereocenters. The van der Waals surface area contributed by atoms with Crippen LogP contribution in [0.1, 0.15) is 5.56 Å². The Labute approximate surface area is 168 Å². The van der Waals surface area contributed by atoms with Crippen molar-refractivity contribution in [3.05, 3.63) is 72.6 Å². The summed E-state index contributed by atoms with van der Waals surface area (Å²) >= 11 is 0. The van der Waals surface area contributed by atoms with E-state index in [1.165, 1.54) is 37.5 Å². The highest BCUT2D eigenvalue weighted by molar-refractivity contribution is 7.92. The van der Waals surface area contributed by atoms with E-state index in [1.54, 1.807) is 54.5 Å². The van der Waals surface area contributed by atoms with Crippen LogP contribution in [-0.4, -0.2) is 31.2 Å². The number of nitrogens with zero attached hydrogens (tertiary/aromatic N) is 2. The van der Waals surface area contributed by atoms with Gasteiger partial charge in [0.2, 0.25) is 5.91 Å². The van der Waals surface area contributed by atoms with Crippen LogP contribution in [0.2, 0.25) is 0 Å². The van der Waals surface area contributed by atoms with Crippen LogP contribution in [0, 0.1) is 0 Å². The Morgan fingerprint density at radius 2 is 1.86 bits per heavy atom. The molecule has 150 valence electrons. The fourth-order valence-electron chi connectivity index (χ4n) is 2.53. The fourth-order valence-corrected chi connectivity index (χ4v) is 3.60. The zero-order valence-corrected chi connectivity index (χ0v) is 16.7. The quantitative estimate of drug-likeness (QED) is 0.581. The van der Waals surface area contributed by atoms with Crippen LogP contribution in [0.4, 0.5) is 11.4 Å². The Balaban J connectivity index is 1.67. The van der Waals surface area contributed by atoms with Crippen molar-refractivity contribution in [3.63, 3.8) is 0 Å². The molecule has 0 saturated carbocycles. The molecule has 1 aromatic heterocycles. The first-order valence-corrected chi connectivity index (χ1v) is 10.1. The Bertz CT molecular complexity index is 1140. The van der Waals surface area contributed by atoms with Gasteiger partial charge in [0.05, 0.1) is 23.9 Å². The molecule has 2 aromatic carbocycles. The van der Waals surface area contributed by atoms with E-state index in [1.807, 2.05) is 0 Å². The number of aromatic nitrogens is 2. The van der Waals surface area contributed by atoms with Crippen LogP contribution in [0.5, 0.6) is 5.75 Å². The number of rotatable bonds is 7. The summed E-state index contributed by atoms with van der Waals surface area (Å²) < 4.78 is 34.5. The standard InChI is InChI=1S/C20H20N4O4S/c1-24-14-15(13-21-24)7-12-20(25)22-16-8-10-17(11-9-16)29(26,27)23-18-5-3-4-6-19(18)28-2/h3-14,23H,1-2H3,(H,22,25)/b12-7+. The van der Waals surface area contributed by atoms with Crippen molar-refractivity contribution in [2.24, 2.45) is 7.05 Å². The number of amides is 1. The Kier molecular flexibility index (Phi) is 5.99. The van der Waals surface area contributed by atoms with Gasteiger partial charge in [-0.15, -0.1) is 0 Å². The number of hydrogen-bond acceptors (Lipinski definition) is 5. The molecule has 0 fully saturated rings. The van der Waals surface area contributed by atoms with Crippen LogP contribution in [0.15, 0.2) is 71.9 Å². The molecule has 3 rings (SSSR count). The van der Waals surface area contributed by atoms with Gasteiger partial charge in [-0.05, 0) is 42.5 Å². The van der Waals surface area contributed by atoms with Gasteiger partial charge in [0, 0.05) is 30.6 Å². The molecule has 0 aliphatic carbocycles. The van der Waals surface area contributed by atoms with E-state index in [4.69, 9.17) is 4.74 Å². The van der Waals surface area contributed by atoms with Crippen LogP contribution in [0.3, 0.4) is 0 Å². The first-order valence-electron chi connectivity index (χ1n) is 8.61. The summed E-state index contributed by atoms with van der Waals surface area (Å²) in [6, 6.07) is 12.6. The monoisotopic (exact) mass is 412 g/mol. The van der Waals surface area contributed by atoms with Crippen LogP contribution >= 0.6 is 0 Å². The number of anilines is 2. The van der Waals surface area contributed by atoms with Crippen molar-refractivity contribution in [2.45, 2.75) is 4.90 Å². The van der Waals surface area contributed by atoms with Crippen molar-refractivity contribution in [1.82, 2.24) is 9.78 Å². The lowest BCUT2D eigenvalue weighted by Crippen LogP contribution is -2.14. The smallest absolute Gasteiger partial charge is 0.262 e. The number of hydrogen-bond donors (Lipinski definition) is 2. The lowest BCUT2D eigenvalue weighted by molar-refractivity contribution is -0.111. The predicted molar refractivity (Wildman–Crippen MR) is 111 cm³/mol. The van der Waals surface area contributed by atoms with Gasteiger partial charge >= 0.3 is 0 Å². The molecule has 1 heterocycles. The number of para-hydroxylation sites is 2. The minimum atomic E-state index is -3.80. The number of sulfonamides is 1. The average Bonchev–Trinajstić information content (AvgIpc) is 3.12. The predicted octanol–water partition coefficient (Wildman–Crippen LogP) is 2.88. The number of ether oxygens (including phenoxy) is 1. The molecule has 0 saturated heterocycles. The van der Waals surface area contributed by atoms with Crippen molar-refractivity contribution < 1.29 is 17.9 Å². The molecule has 0 bridgehead atoms. The van der Waals surface area contributed by atoms with Gasteiger partial charge < -0.3 is 10.1 Å². The van der Waals surface area contributed by atoms with E-state index in [-0.39, 0.29) is 10.8 Å². The van der Waals surface area contributed by atoms with Crippen molar-refractivity contribution in [3.8, 4) is 5.75 Å². The maximum atomic E-state index is 12.6. The zero-order valence-electron chi connectivity index (χ0n) is 15.9. The lowest BCUT2D eigenvalue weighted by Gasteiger charge is -2.12. The molecule has 2 N–H and O–H groups in total. The van der Waals surface area contributed by atoms with Crippen LogP contribution in [0.25, 0.3) is 6.08 Å². The van der Waals surface area contributed by atoms with Gasteiger partial charge in [-0.2, -0.15) is 5.10 Å². The molecule has 0 radical (unpaired) electrons. The molecule has 1 amide bonds. The number of carbonyl (C=O) groups is 1. The van der Waals surface area contributed by atoms with E-state index >= 15 is 0 Å². The Hall–Kier alpha value is -3.59. The largest absolute Gasteiger partial charge is 0.495 e. The molecule has 0 unspecified atom stereocenters. The number of benzene rings is 2. The summed E-state index contributed by atoms with van der Waals surface area (Å²) in [5.41, 5.74) is 1.61. The highest BCUT2D eigenvalue weighted by Crippen LogP contribution is 2.26.